The van der Waals surface area contributed by atoms with Gasteiger partial charge in [-0.1, -0.05) is 54.1 Å². The predicted octanol–water partition coefficient (Wildman–Crippen LogP) is 6.70. The molecule has 0 fully saturated rings. The lowest BCUT2D eigenvalue weighted by atomic mass is 9.92. The summed E-state index contributed by atoms with van der Waals surface area (Å²) in [5.74, 6) is 0.0487. The van der Waals surface area contributed by atoms with Crippen molar-refractivity contribution in [2.75, 3.05) is 0 Å². The molecule has 188 valence electrons. The number of alkyl halides is 6. The Bertz CT molecular complexity index is 1490. The molecule has 1 aromatic heterocycles. The molecule has 0 amide bonds. The van der Waals surface area contributed by atoms with Crippen LogP contribution in [0.3, 0.4) is 0 Å². The fourth-order valence-corrected chi connectivity index (χ4v) is 4.24. The van der Waals surface area contributed by atoms with Gasteiger partial charge < -0.3 is 5.11 Å². The summed E-state index contributed by atoms with van der Waals surface area (Å²) in [5.41, 5.74) is -6.85. The van der Waals surface area contributed by atoms with E-state index in [9.17, 15) is 36.2 Å². The maximum atomic E-state index is 13.5. The second kappa shape index (κ2) is 9.20. The highest BCUT2D eigenvalue weighted by Gasteiger charge is 2.71. The van der Waals surface area contributed by atoms with Crippen LogP contribution in [0.15, 0.2) is 76.0 Å². The van der Waals surface area contributed by atoms with Gasteiger partial charge in [0.05, 0.1) is 21.6 Å². The lowest BCUT2D eigenvalue weighted by Gasteiger charge is -2.33. The number of aliphatic hydroxyl groups is 1. The molecule has 36 heavy (non-hydrogen) atoms. The second-order valence-electron chi connectivity index (χ2n) is 7.87. The van der Waals surface area contributed by atoms with Crippen molar-refractivity contribution in [1.29, 1.82) is 0 Å². The van der Waals surface area contributed by atoms with Gasteiger partial charge in [-0.15, -0.1) is 0 Å². The Labute approximate surface area is 212 Å². The van der Waals surface area contributed by atoms with Gasteiger partial charge in [0, 0.05) is 16.5 Å². The molecule has 1 N–H and O–H groups in total. The molecule has 12 heteroatoms. The molecule has 0 unspecified atom stereocenters. The van der Waals surface area contributed by atoms with Crippen LogP contribution in [0, 0.1) is 0 Å². The molecule has 0 bridgehead atoms. The Morgan fingerprint density at radius 1 is 0.917 bits per heavy atom. The highest BCUT2D eigenvalue weighted by atomic mass is 79.9. The first kappa shape index (κ1) is 26.2. The summed E-state index contributed by atoms with van der Waals surface area (Å²) in [4.78, 5) is 18.0. The molecular weight excluding hydrogens is 578 g/mol. The Morgan fingerprint density at radius 3 is 2.17 bits per heavy atom. The van der Waals surface area contributed by atoms with Gasteiger partial charge >= 0.3 is 12.4 Å². The molecule has 4 nitrogen and oxygen atoms in total. The fourth-order valence-electron chi connectivity index (χ4n) is 3.75. The third kappa shape index (κ3) is 4.51. The second-order valence-corrected chi connectivity index (χ2v) is 9.13. The molecule has 0 atom stereocenters. The summed E-state index contributed by atoms with van der Waals surface area (Å²) in [5, 5.41) is 10.0. The quantitative estimate of drug-likeness (QED) is 0.269. The fraction of sp³-hybridized carbons (Fsp3) is 0.167. The summed E-state index contributed by atoms with van der Waals surface area (Å²) < 4.78 is 82.3. The summed E-state index contributed by atoms with van der Waals surface area (Å²) in [7, 11) is 0. The average molecular weight is 592 g/mol. The Kier molecular flexibility index (Phi) is 6.69. The predicted molar refractivity (Wildman–Crippen MR) is 125 cm³/mol. The number of fused-ring (bicyclic) bond motifs is 1. The van der Waals surface area contributed by atoms with Gasteiger partial charge in [0.15, 0.2) is 0 Å². The molecule has 0 spiro atoms. The highest BCUT2D eigenvalue weighted by Crippen LogP contribution is 2.50. The van der Waals surface area contributed by atoms with E-state index in [-0.39, 0.29) is 33.9 Å². The van der Waals surface area contributed by atoms with E-state index in [1.54, 1.807) is 30.3 Å². The number of hydrogen-bond donors (Lipinski definition) is 1. The number of halogens is 8. The van der Waals surface area contributed by atoms with Crippen molar-refractivity contribution in [3.8, 4) is 5.69 Å². The summed E-state index contributed by atoms with van der Waals surface area (Å²) in [6, 6.07) is 14.4. The normalized spacial score (nSPS) is 12.8. The zero-order chi connectivity index (χ0) is 26.5. The molecule has 0 radical (unpaired) electrons. The van der Waals surface area contributed by atoms with E-state index in [1.807, 2.05) is 0 Å². The van der Waals surface area contributed by atoms with Crippen LogP contribution in [0.2, 0.25) is 5.02 Å². The third-order valence-corrected chi connectivity index (χ3v) is 6.72. The molecule has 0 saturated carbocycles. The van der Waals surface area contributed by atoms with Crippen molar-refractivity contribution in [2.24, 2.45) is 0 Å². The maximum Gasteiger partial charge on any atom is 0.430 e. The van der Waals surface area contributed by atoms with Crippen LogP contribution >= 0.6 is 27.5 Å². The van der Waals surface area contributed by atoms with Crippen LogP contribution in [0.4, 0.5) is 26.3 Å². The third-order valence-electron chi connectivity index (χ3n) is 5.53. The molecule has 4 rings (SSSR count). The van der Waals surface area contributed by atoms with Crippen molar-refractivity contribution >= 4 is 38.4 Å². The number of benzene rings is 3. The molecule has 4 aromatic rings. The van der Waals surface area contributed by atoms with Crippen LogP contribution in [0.5, 0.6) is 0 Å². The minimum absolute atomic E-state index is 0.00711. The van der Waals surface area contributed by atoms with Gasteiger partial charge in [0.1, 0.15) is 5.82 Å². The molecule has 0 aliphatic rings. The molecule has 0 aliphatic carbocycles. The smallest absolute Gasteiger partial charge is 0.369 e. The van der Waals surface area contributed by atoms with Crippen molar-refractivity contribution in [1.82, 2.24) is 9.55 Å². The zero-order valence-electron chi connectivity index (χ0n) is 17.8. The Balaban J connectivity index is 2.02. The number of nitrogens with zero attached hydrogens (tertiary/aromatic N) is 2. The van der Waals surface area contributed by atoms with Crippen LogP contribution in [0.1, 0.15) is 17.0 Å². The van der Waals surface area contributed by atoms with Gasteiger partial charge in [-0.3, -0.25) is 9.36 Å². The van der Waals surface area contributed by atoms with Crippen molar-refractivity contribution < 1.29 is 31.4 Å². The lowest BCUT2D eigenvalue weighted by molar-refractivity contribution is -0.376. The average Bonchev–Trinajstić information content (AvgIpc) is 2.79. The van der Waals surface area contributed by atoms with E-state index in [4.69, 9.17) is 11.6 Å². The van der Waals surface area contributed by atoms with Gasteiger partial charge in [-0.2, -0.15) is 26.3 Å². The zero-order valence-corrected chi connectivity index (χ0v) is 20.2. The van der Waals surface area contributed by atoms with Crippen molar-refractivity contribution in [3.05, 3.63) is 104 Å². The monoisotopic (exact) mass is 590 g/mol. The maximum absolute atomic E-state index is 13.5. The largest absolute Gasteiger partial charge is 0.430 e. The Morgan fingerprint density at radius 2 is 1.56 bits per heavy atom. The summed E-state index contributed by atoms with van der Waals surface area (Å²) >= 11 is 9.35. The van der Waals surface area contributed by atoms with Crippen LogP contribution in [-0.2, 0) is 12.0 Å². The number of rotatable bonds is 4. The minimum Gasteiger partial charge on any atom is -0.369 e. The SMILES string of the molecule is O=c1c2cc(Cl)c(Br)cc2nc(Cc2ccccc2)n1-c1cccc(C(O)(C(F)(F)F)C(F)(F)F)c1. The highest BCUT2D eigenvalue weighted by molar-refractivity contribution is 9.10. The molecule has 3 aromatic carbocycles. The number of hydrogen-bond acceptors (Lipinski definition) is 3. The Hall–Kier alpha value is -2.89. The van der Waals surface area contributed by atoms with Crippen molar-refractivity contribution in [3.63, 3.8) is 0 Å². The minimum atomic E-state index is -6.08. The molecule has 0 saturated heterocycles. The van der Waals surface area contributed by atoms with E-state index >= 15 is 0 Å². The topological polar surface area (TPSA) is 55.1 Å². The van der Waals surface area contributed by atoms with Gasteiger partial charge in [-0.05, 0) is 45.8 Å². The first-order chi connectivity index (χ1) is 16.7. The van der Waals surface area contributed by atoms with Crippen molar-refractivity contribution in [2.45, 2.75) is 24.4 Å². The van der Waals surface area contributed by atoms with Crippen LogP contribution < -0.4 is 5.56 Å². The molecule has 0 aliphatic heterocycles. The first-order valence-corrected chi connectivity index (χ1v) is 11.3. The van der Waals surface area contributed by atoms with Gasteiger partial charge in [0.2, 0.25) is 0 Å². The van der Waals surface area contributed by atoms with E-state index in [0.29, 0.717) is 22.2 Å². The summed E-state index contributed by atoms with van der Waals surface area (Å²) in [6.07, 6.45) is -12.1. The van der Waals surface area contributed by atoms with E-state index < -0.39 is 29.1 Å². The first-order valence-electron chi connectivity index (χ1n) is 10.2. The van der Waals surface area contributed by atoms with Gasteiger partial charge in [-0.25, -0.2) is 4.98 Å². The van der Waals surface area contributed by atoms with E-state index in [1.165, 1.54) is 12.1 Å². The molecule has 1 heterocycles. The van der Waals surface area contributed by atoms with Crippen LogP contribution in [-0.4, -0.2) is 27.0 Å². The lowest BCUT2D eigenvalue weighted by Crippen LogP contribution is -2.54. The standard InChI is InChI=1S/C24H14BrClF6N2O2/c25-17-12-19-16(11-18(17)26)21(35)34(20(33-19)9-13-5-2-1-3-6-13)15-8-4-7-14(10-15)22(36,23(27,28)29)24(30,31)32/h1-8,10-12,36H,9H2. The summed E-state index contributed by atoms with van der Waals surface area (Å²) in [6.45, 7) is 0. The van der Waals surface area contributed by atoms with E-state index in [0.717, 1.165) is 16.7 Å². The van der Waals surface area contributed by atoms with Crippen LogP contribution in [0.25, 0.3) is 16.6 Å². The van der Waals surface area contributed by atoms with Gasteiger partial charge in [0.25, 0.3) is 11.2 Å². The molecular formula is C24H14BrClF6N2O2. The van der Waals surface area contributed by atoms with E-state index in [2.05, 4.69) is 20.9 Å². The number of aromatic nitrogens is 2.